The first-order valence-corrected chi connectivity index (χ1v) is 9.10. The van der Waals surface area contributed by atoms with Crippen LogP contribution in [0, 0.1) is 13.8 Å². The Morgan fingerprint density at radius 2 is 2.04 bits per heavy atom. The van der Waals surface area contributed by atoms with Crippen LogP contribution in [0.15, 0.2) is 28.8 Å². The Kier molecular flexibility index (Phi) is 5.76. The van der Waals surface area contributed by atoms with Crippen LogP contribution in [0.1, 0.15) is 48.8 Å². The van der Waals surface area contributed by atoms with Crippen molar-refractivity contribution in [3.63, 3.8) is 0 Å². The van der Waals surface area contributed by atoms with Gasteiger partial charge in [0.2, 0.25) is 0 Å². The molecule has 5 heteroatoms. The third-order valence-electron chi connectivity index (χ3n) is 5.09. The number of benzene rings is 1. The van der Waals surface area contributed by atoms with Gasteiger partial charge >= 0.3 is 0 Å². The minimum absolute atomic E-state index is 0.268. The van der Waals surface area contributed by atoms with Crippen LogP contribution < -0.4 is 4.74 Å². The maximum absolute atomic E-state index is 10.0. The van der Waals surface area contributed by atoms with Crippen LogP contribution in [0.25, 0.3) is 0 Å². The third kappa shape index (κ3) is 4.41. The van der Waals surface area contributed by atoms with Gasteiger partial charge in [-0.2, -0.15) is 0 Å². The van der Waals surface area contributed by atoms with Crippen molar-refractivity contribution in [2.24, 2.45) is 0 Å². The van der Waals surface area contributed by atoms with E-state index >= 15 is 0 Å². The van der Waals surface area contributed by atoms with E-state index in [0.29, 0.717) is 6.61 Å². The van der Waals surface area contributed by atoms with E-state index in [9.17, 15) is 5.11 Å². The molecule has 1 N–H and O–H groups in total. The number of piperidine rings is 1. The molecule has 0 saturated carbocycles. The van der Waals surface area contributed by atoms with Gasteiger partial charge in [0.15, 0.2) is 0 Å². The van der Waals surface area contributed by atoms with Crippen molar-refractivity contribution in [2.75, 3.05) is 6.54 Å². The molecule has 1 aromatic carbocycles. The zero-order valence-corrected chi connectivity index (χ0v) is 15.4. The second-order valence-electron chi connectivity index (χ2n) is 7.01. The lowest BCUT2D eigenvalue weighted by Crippen LogP contribution is -2.45. The van der Waals surface area contributed by atoms with Gasteiger partial charge in [0, 0.05) is 12.6 Å². The lowest BCUT2D eigenvalue weighted by molar-refractivity contribution is 0.0316. The van der Waals surface area contributed by atoms with Gasteiger partial charge in [0.05, 0.1) is 17.4 Å². The zero-order valence-electron chi connectivity index (χ0n) is 15.4. The predicted molar refractivity (Wildman–Crippen MR) is 96.5 cm³/mol. The van der Waals surface area contributed by atoms with Crippen molar-refractivity contribution in [2.45, 2.75) is 65.3 Å². The van der Waals surface area contributed by atoms with Gasteiger partial charge in [-0.05, 0) is 57.9 Å². The molecule has 136 valence electrons. The fourth-order valence-corrected chi connectivity index (χ4v) is 3.55. The van der Waals surface area contributed by atoms with Crippen LogP contribution >= 0.6 is 0 Å². The van der Waals surface area contributed by atoms with Crippen LogP contribution in [0.5, 0.6) is 5.75 Å². The quantitative estimate of drug-likeness (QED) is 0.867. The highest BCUT2D eigenvalue weighted by Crippen LogP contribution is 2.23. The summed E-state index contributed by atoms with van der Waals surface area (Å²) in [6.45, 7) is 8.12. The molecular weight excluding hydrogens is 316 g/mol. The maximum atomic E-state index is 10.0. The van der Waals surface area contributed by atoms with E-state index in [2.05, 4.69) is 22.2 Å². The van der Waals surface area contributed by atoms with E-state index in [1.54, 1.807) is 0 Å². The normalized spacial score (nSPS) is 19.8. The van der Waals surface area contributed by atoms with E-state index in [4.69, 9.17) is 9.26 Å². The van der Waals surface area contributed by atoms with Gasteiger partial charge in [-0.3, -0.25) is 4.90 Å². The van der Waals surface area contributed by atoms with E-state index in [0.717, 1.165) is 42.3 Å². The van der Waals surface area contributed by atoms with Crippen LogP contribution in [0.2, 0.25) is 0 Å². The molecule has 0 aliphatic carbocycles. The second kappa shape index (κ2) is 8.02. The number of aromatic nitrogens is 1. The van der Waals surface area contributed by atoms with Gasteiger partial charge in [0.1, 0.15) is 18.1 Å². The third-order valence-corrected chi connectivity index (χ3v) is 5.09. The van der Waals surface area contributed by atoms with Crippen molar-refractivity contribution in [3.05, 3.63) is 46.8 Å². The number of rotatable bonds is 6. The van der Waals surface area contributed by atoms with Crippen LogP contribution in [0.3, 0.4) is 0 Å². The van der Waals surface area contributed by atoms with Crippen molar-refractivity contribution in [1.29, 1.82) is 0 Å². The number of aliphatic hydroxyl groups excluding tert-OH is 1. The summed E-state index contributed by atoms with van der Waals surface area (Å²) < 4.78 is 11.0. The molecule has 3 rings (SSSR count). The molecule has 0 spiro atoms. The first kappa shape index (κ1) is 18.0. The molecule has 2 unspecified atom stereocenters. The molecule has 0 radical (unpaired) electrons. The van der Waals surface area contributed by atoms with Gasteiger partial charge in [0.25, 0.3) is 0 Å². The second-order valence-corrected chi connectivity index (χ2v) is 7.01. The number of nitrogens with zero attached hydrogens (tertiary/aromatic N) is 2. The molecule has 1 aromatic heterocycles. The molecule has 1 saturated heterocycles. The van der Waals surface area contributed by atoms with Crippen molar-refractivity contribution >= 4 is 0 Å². The molecular formula is C20H28N2O3. The van der Waals surface area contributed by atoms with E-state index < -0.39 is 0 Å². The van der Waals surface area contributed by atoms with Gasteiger partial charge in [-0.1, -0.05) is 23.7 Å². The van der Waals surface area contributed by atoms with Gasteiger partial charge in [-0.15, -0.1) is 0 Å². The van der Waals surface area contributed by atoms with Crippen molar-refractivity contribution in [1.82, 2.24) is 10.1 Å². The van der Waals surface area contributed by atoms with E-state index in [1.165, 1.54) is 18.4 Å². The minimum atomic E-state index is -0.280. The smallest absolute Gasteiger partial charge is 0.140 e. The zero-order chi connectivity index (χ0) is 17.8. The molecule has 5 nitrogen and oxygen atoms in total. The first-order valence-electron chi connectivity index (χ1n) is 9.10. The molecule has 2 heterocycles. The largest absolute Gasteiger partial charge is 0.489 e. The molecule has 2 atom stereocenters. The van der Waals surface area contributed by atoms with Crippen molar-refractivity contribution < 1.29 is 14.4 Å². The fourth-order valence-electron chi connectivity index (χ4n) is 3.55. The first-order chi connectivity index (χ1) is 12.0. The molecule has 25 heavy (non-hydrogen) atoms. The highest BCUT2D eigenvalue weighted by atomic mass is 16.5. The maximum Gasteiger partial charge on any atom is 0.140 e. The number of aliphatic hydroxyl groups is 1. The Hall–Kier alpha value is -1.85. The number of hydrogen-bond acceptors (Lipinski definition) is 5. The molecule has 0 amide bonds. The predicted octanol–water partition coefficient (Wildman–Crippen LogP) is 3.61. The van der Waals surface area contributed by atoms with Crippen molar-refractivity contribution in [3.8, 4) is 5.75 Å². The van der Waals surface area contributed by atoms with Crippen LogP contribution in [-0.4, -0.2) is 33.9 Å². The summed E-state index contributed by atoms with van der Waals surface area (Å²) in [7, 11) is 0. The molecule has 1 fully saturated rings. The molecule has 1 aliphatic rings. The topological polar surface area (TPSA) is 58.7 Å². The summed E-state index contributed by atoms with van der Waals surface area (Å²) in [6, 6.07) is 8.50. The number of aryl methyl sites for hydroxylation is 2. The Morgan fingerprint density at radius 1 is 1.28 bits per heavy atom. The van der Waals surface area contributed by atoms with E-state index in [-0.39, 0.29) is 12.1 Å². The Morgan fingerprint density at radius 3 is 2.68 bits per heavy atom. The van der Waals surface area contributed by atoms with Gasteiger partial charge in [-0.25, -0.2) is 0 Å². The number of likely N-dealkylation sites (tertiary alicyclic amines) is 1. The Balaban J connectivity index is 1.58. The lowest BCUT2D eigenvalue weighted by Gasteiger charge is -2.37. The fraction of sp³-hybridized carbons (Fsp3) is 0.550. The molecule has 0 bridgehead atoms. The SMILES string of the molecule is Cc1noc(C)c1COc1ccc(CN2CCCCC2C(C)O)cc1. The summed E-state index contributed by atoms with van der Waals surface area (Å²) in [4.78, 5) is 2.40. The van der Waals surface area contributed by atoms with Gasteiger partial charge < -0.3 is 14.4 Å². The highest BCUT2D eigenvalue weighted by Gasteiger charge is 2.26. The lowest BCUT2D eigenvalue weighted by atomic mass is 9.97. The summed E-state index contributed by atoms with van der Waals surface area (Å²) in [5, 5.41) is 13.9. The summed E-state index contributed by atoms with van der Waals surface area (Å²) in [5.74, 6) is 1.65. The standard InChI is InChI=1S/C20H28N2O3/c1-14-19(16(3)25-21-14)13-24-18-9-7-17(8-10-18)12-22-11-5-4-6-20(22)15(2)23/h7-10,15,20,23H,4-6,11-13H2,1-3H3. The summed E-state index contributed by atoms with van der Waals surface area (Å²) in [5.41, 5.74) is 3.14. The Labute approximate surface area is 149 Å². The summed E-state index contributed by atoms with van der Waals surface area (Å²) in [6.07, 6.45) is 3.22. The number of ether oxygens (including phenoxy) is 1. The average Bonchev–Trinajstić information content (AvgIpc) is 2.93. The average molecular weight is 344 g/mol. The highest BCUT2D eigenvalue weighted by molar-refractivity contribution is 5.28. The summed E-state index contributed by atoms with van der Waals surface area (Å²) >= 11 is 0. The minimum Gasteiger partial charge on any atom is -0.489 e. The van der Waals surface area contributed by atoms with Crippen LogP contribution in [-0.2, 0) is 13.2 Å². The molecule has 2 aromatic rings. The monoisotopic (exact) mass is 344 g/mol. The van der Waals surface area contributed by atoms with Crippen LogP contribution in [0.4, 0.5) is 0 Å². The number of hydrogen-bond donors (Lipinski definition) is 1. The Bertz CT molecular complexity index is 659. The van der Waals surface area contributed by atoms with E-state index in [1.807, 2.05) is 32.9 Å². The molecule has 1 aliphatic heterocycles.